The van der Waals surface area contributed by atoms with Crippen molar-refractivity contribution < 1.29 is 28.3 Å². The van der Waals surface area contributed by atoms with Crippen molar-refractivity contribution >= 4 is 35.4 Å². The molecule has 0 bridgehead atoms. The molecule has 164 valence electrons. The zero-order valence-corrected chi connectivity index (χ0v) is 17.6. The molecule has 1 aromatic carbocycles. The fourth-order valence-corrected chi connectivity index (χ4v) is 3.22. The number of aromatic nitrogens is 2. The average molecular weight is 452 g/mol. The maximum Gasteiger partial charge on any atom is 0.344 e. The number of rotatable bonds is 6. The van der Waals surface area contributed by atoms with Crippen molar-refractivity contribution in [3.05, 3.63) is 46.5 Å². The number of benzene rings is 1. The number of amides is 4. The maximum atomic E-state index is 13.1. The molecule has 3 rings (SSSR count). The van der Waals surface area contributed by atoms with E-state index < -0.39 is 41.8 Å². The van der Waals surface area contributed by atoms with Crippen molar-refractivity contribution in [3.63, 3.8) is 0 Å². The van der Waals surface area contributed by atoms with Crippen LogP contribution in [0.5, 0.6) is 0 Å². The quantitative estimate of drug-likeness (QED) is 0.510. The maximum absolute atomic E-state index is 13.1. The summed E-state index contributed by atoms with van der Waals surface area (Å²) in [6.07, 6.45) is 0.328. The van der Waals surface area contributed by atoms with E-state index in [2.05, 4.69) is 15.8 Å². The number of urea groups is 1. The van der Waals surface area contributed by atoms with Crippen molar-refractivity contribution in [1.82, 2.24) is 25.5 Å². The Morgan fingerprint density at radius 2 is 1.94 bits per heavy atom. The van der Waals surface area contributed by atoms with Crippen LogP contribution in [0.3, 0.4) is 0 Å². The van der Waals surface area contributed by atoms with Crippen molar-refractivity contribution in [3.8, 4) is 5.69 Å². The number of hydrogen-bond acceptors (Lipinski definition) is 6. The number of halogens is 2. The highest BCUT2D eigenvalue weighted by Crippen LogP contribution is 2.24. The molecule has 1 atom stereocenters. The van der Waals surface area contributed by atoms with Gasteiger partial charge < -0.3 is 10.1 Å². The van der Waals surface area contributed by atoms with Crippen molar-refractivity contribution in [2.24, 2.45) is 0 Å². The Bertz CT molecular complexity index is 1070. The molecule has 0 aliphatic carbocycles. The highest BCUT2D eigenvalue weighted by Gasteiger charge is 2.47. The fourth-order valence-electron chi connectivity index (χ4n) is 2.87. The molecule has 0 saturated carbocycles. The van der Waals surface area contributed by atoms with Crippen LogP contribution < -0.4 is 10.7 Å². The van der Waals surface area contributed by atoms with E-state index in [0.29, 0.717) is 17.1 Å². The third-order valence-corrected chi connectivity index (χ3v) is 5.17. The highest BCUT2D eigenvalue weighted by atomic mass is 35.5. The van der Waals surface area contributed by atoms with E-state index in [1.807, 2.05) is 0 Å². The summed E-state index contributed by atoms with van der Waals surface area (Å²) in [5.74, 6) is -2.89. The van der Waals surface area contributed by atoms with Crippen LogP contribution >= 0.6 is 11.6 Å². The predicted octanol–water partition coefficient (Wildman–Crippen LogP) is 1.88. The third kappa shape index (κ3) is 4.22. The van der Waals surface area contributed by atoms with Crippen LogP contribution in [0.15, 0.2) is 24.3 Å². The Morgan fingerprint density at radius 3 is 2.52 bits per heavy atom. The number of ether oxygens (including phenoxy) is 1. The molecule has 12 heteroatoms. The van der Waals surface area contributed by atoms with Crippen molar-refractivity contribution in [1.29, 1.82) is 0 Å². The van der Waals surface area contributed by atoms with Gasteiger partial charge in [0.2, 0.25) is 0 Å². The van der Waals surface area contributed by atoms with Gasteiger partial charge in [0, 0.05) is 0 Å². The molecule has 1 saturated heterocycles. The smallest absolute Gasteiger partial charge is 0.344 e. The van der Waals surface area contributed by atoms with Gasteiger partial charge in [-0.1, -0.05) is 18.5 Å². The molecule has 2 heterocycles. The lowest BCUT2D eigenvalue weighted by atomic mass is 10.00. The van der Waals surface area contributed by atoms with Gasteiger partial charge in [0.25, 0.3) is 11.8 Å². The predicted molar refractivity (Wildman–Crippen MR) is 106 cm³/mol. The lowest BCUT2D eigenvalue weighted by Gasteiger charge is -2.19. The number of carbonyl (C=O) groups is 4. The largest absolute Gasteiger partial charge is 0.452 e. The third-order valence-electron chi connectivity index (χ3n) is 4.82. The average Bonchev–Trinajstić information content (AvgIpc) is 3.14. The molecule has 0 radical (unpaired) electrons. The van der Waals surface area contributed by atoms with Crippen molar-refractivity contribution in [2.75, 3.05) is 6.61 Å². The molecular weight excluding hydrogens is 433 g/mol. The van der Waals surface area contributed by atoms with Crippen LogP contribution in [0.25, 0.3) is 5.69 Å². The molecule has 2 aromatic rings. The Balaban J connectivity index is 1.66. The van der Waals surface area contributed by atoms with E-state index in [1.54, 1.807) is 6.92 Å². The summed E-state index contributed by atoms with van der Waals surface area (Å²) in [6, 6.07) is 4.50. The number of esters is 1. The second-order valence-electron chi connectivity index (χ2n) is 7.01. The van der Waals surface area contributed by atoms with Gasteiger partial charge in [-0.05, 0) is 44.5 Å². The first-order chi connectivity index (χ1) is 14.6. The van der Waals surface area contributed by atoms with Crippen LogP contribution in [0, 0.1) is 12.7 Å². The zero-order valence-electron chi connectivity index (χ0n) is 16.9. The molecule has 1 aliphatic heterocycles. The van der Waals surface area contributed by atoms with Gasteiger partial charge in [-0.2, -0.15) is 10.1 Å². The van der Waals surface area contributed by atoms with E-state index in [-0.39, 0.29) is 16.4 Å². The molecule has 1 fully saturated rings. The Morgan fingerprint density at radius 1 is 1.29 bits per heavy atom. The van der Waals surface area contributed by atoms with Crippen LogP contribution in [-0.4, -0.2) is 50.7 Å². The normalized spacial score (nSPS) is 18.2. The number of carbonyl (C=O) groups excluding carboxylic acids is 4. The lowest BCUT2D eigenvalue weighted by molar-refractivity contribution is -0.139. The van der Waals surface area contributed by atoms with E-state index in [1.165, 1.54) is 42.8 Å². The zero-order chi connectivity index (χ0) is 22.9. The standard InChI is InChI=1S/C19H19ClFN5O5/c1-4-19(3)17(29)26(18(30)22-19)24-13(27)9-31-16(28)14-10(2)23-25(15(14)20)12-7-5-11(21)6-8-12/h5-8H,4,9H2,1-3H3,(H,22,30)(H,24,27)/t19-/m0/s1. The minimum Gasteiger partial charge on any atom is -0.452 e. The van der Waals surface area contributed by atoms with E-state index in [4.69, 9.17) is 16.3 Å². The number of aryl methyl sites for hydroxylation is 1. The van der Waals surface area contributed by atoms with Gasteiger partial charge in [-0.3, -0.25) is 15.0 Å². The molecule has 0 spiro atoms. The van der Waals surface area contributed by atoms with Crippen LogP contribution in [0.1, 0.15) is 36.3 Å². The van der Waals surface area contributed by atoms with Gasteiger partial charge >= 0.3 is 12.0 Å². The van der Waals surface area contributed by atoms with Gasteiger partial charge in [-0.15, -0.1) is 0 Å². The summed E-state index contributed by atoms with van der Waals surface area (Å²) in [7, 11) is 0. The molecule has 10 nitrogen and oxygen atoms in total. The summed E-state index contributed by atoms with van der Waals surface area (Å²) >= 11 is 6.24. The number of nitrogens with zero attached hydrogens (tertiary/aromatic N) is 3. The highest BCUT2D eigenvalue weighted by molar-refractivity contribution is 6.33. The van der Waals surface area contributed by atoms with Crippen LogP contribution in [-0.2, 0) is 14.3 Å². The SMILES string of the molecule is CC[C@]1(C)NC(=O)N(NC(=O)COC(=O)c2c(C)nn(-c3ccc(F)cc3)c2Cl)C1=O. The second-order valence-corrected chi connectivity index (χ2v) is 7.36. The molecule has 2 N–H and O–H groups in total. The molecule has 0 unspecified atom stereocenters. The van der Waals surface area contributed by atoms with Gasteiger partial charge in [0.05, 0.1) is 11.4 Å². The molecular formula is C19H19ClFN5O5. The summed E-state index contributed by atoms with van der Waals surface area (Å²) in [5.41, 5.74) is 1.56. The fraction of sp³-hybridized carbons (Fsp3) is 0.316. The number of imide groups is 1. The molecule has 1 aliphatic rings. The summed E-state index contributed by atoms with van der Waals surface area (Å²) in [4.78, 5) is 48.7. The molecule has 31 heavy (non-hydrogen) atoms. The number of nitrogens with one attached hydrogen (secondary N) is 2. The van der Waals surface area contributed by atoms with Crippen LogP contribution in [0.2, 0.25) is 5.15 Å². The van der Waals surface area contributed by atoms with E-state index >= 15 is 0 Å². The summed E-state index contributed by atoms with van der Waals surface area (Å²) in [5, 5.41) is 7.08. The Kier molecular flexibility index (Phi) is 5.98. The van der Waals surface area contributed by atoms with Gasteiger partial charge in [0.15, 0.2) is 6.61 Å². The first-order valence-electron chi connectivity index (χ1n) is 9.21. The Hall–Kier alpha value is -3.47. The lowest BCUT2D eigenvalue weighted by Crippen LogP contribution is -2.49. The second kappa shape index (κ2) is 8.34. The topological polar surface area (TPSA) is 123 Å². The van der Waals surface area contributed by atoms with Crippen LogP contribution in [0.4, 0.5) is 9.18 Å². The minimum atomic E-state index is -1.12. The molecule has 4 amide bonds. The van der Waals surface area contributed by atoms with Gasteiger partial charge in [0.1, 0.15) is 22.1 Å². The van der Waals surface area contributed by atoms with E-state index in [0.717, 1.165) is 0 Å². The monoisotopic (exact) mass is 451 g/mol. The van der Waals surface area contributed by atoms with E-state index in [9.17, 15) is 23.6 Å². The molecule has 1 aromatic heterocycles. The minimum absolute atomic E-state index is 0.0765. The van der Waals surface area contributed by atoms with Gasteiger partial charge in [-0.25, -0.2) is 18.7 Å². The summed E-state index contributed by atoms with van der Waals surface area (Å²) in [6.45, 7) is 3.99. The summed E-state index contributed by atoms with van der Waals surface area (Å²) < 4.78 is 19.3. The van der Waals surface area contributed by atoms with Crippen molar-refractivity contribution in [2.45, 2.75) is 32.7 Å². The Labute approximate surface area is 181 Å². The number of hydrogen-bond donors (Lipinski definition) is 2. The first-order valence-corrected chi connectivity index (χ1v) is 9.59. The first kappa shape index (κ1) is 22.2. The number of hydrazine groups is 1.